The molecular weight excluding hydrogens is 398 g/mol. The maximum Gasteiger partial charge on any atom is 0.295 e. The first-order valence-electron chi connectivity index (χ1n) is 5.54. The molecule has 1 unspecified atom stereocenters. The van der Waals surface area contributed by atoms with E-state index < -0.39 is 16.7 Å². The molecule has 1 fully saturated rings. The van der Waals surface area contributed by atoms with Crippen LogP contribution in [0, 0.1) is 16.0 Å². The van der Waals surface area contributed by atoms with Crippen molar-refractivity contribution in [2.24, 2.45) is 11.7 Å². The molecule has 1 saturated heterocycles. The van der Waals surface area contributed by atoms with Crippen LogP contribution in [0.5, 0.6) is 0 Å². The van der Waals surface area contributed by atoms with Gasteiger partial charge in [0, 0.05) is 28.0 Å². The summed E-state index contributed by atoms with van der Waals surface area (Å²) < 4.78 is 0.912. The van der Waals surface area contributed by atoms with E-state index in [0.29, 0.717) is 8.95 Å². The van der Waals surface area contributed by atoms with Crippen LogP contribution in [0.4, 0.5) is 11.4 Å². The highest BCUT2D eigenvalue weighted by Crippen LogP contribution is 2.41. The minimum absolute atomic E-state index is 0.0327. The second kappa shape index (κ2) is 5.49. The second-order valence-electron chi connectivity index (χ2n) is 4.32. The maximum atomic E-state index is 12.0. The lowest BCUT2D eigenvalue weighted by Gasteiger charge is -2.18. The monoisotopic (exact) mass is 405 g/mol. The third-order valence-electron chi connectivity index (χ3n) is 3.00. The van der Waals surface area contributed by atoms with Crippen LogP contribution < -0.4 is 10.6 Å². The molecule has 2 amide bonds. The Morgan fingerprint density at radius 1 is 1.45 bits per heavy atom. The first kappa shape index (κ1) is 14.9. The van der Waals surface area contributed by atoms with Gasteiger partial charge in [-0.25, -0.2) is 0 Å². The zero-order valence-electron chi connectivity index (χ0n) is 10.0. The number of anilines is 1. The van der Waals surface area contributed by atoms with Crippen molar-refractivity contribution in [3.8, 4) is 0 Å². The second-order valence-corrected chi connectivity index (χ2v) is 6.09. The van der Waals surface area contributed by atoms with Crippen molar-refractivity contribution in [2.75, 3.05) is 11.4 Å². The Kier molecular flexibility index (Phi) is 4.09. The van der Waals surface area contributed by atoms with Crippen molar-refractivity contribution in [1.82, 2.24) is 0 Å². The molecule has 0 bridgehead atoms. The topological polar surface area (TPSA) is 107 Å². The smallest absolute Gasteiger partial charge is 0.295 e. The Morgan fingerprint density at radius 3 is 2.60 bits per heavy atom. The molecule has 1 aromatic carbocycles. The van der Waals surface area contributed by atoms with Gasteiger partial charge in [0.25, 0.3) is 5.69 Å². The molecule has 9 heteroatoms. The first-order chi connectivity index (χ1) is 9.31. The molecule has 0 aromatic heterocycles. The number of nitrogens with zero attached hydrogens (tertiary/aromatic N) is 2. The normalized spacial score (nSPS) is 18.4. The van der Waals surface area contributed by atoms with Gasteiger partial charge in [-0.3, -0.25) is 19.7 Å². The molecule has 2 N–H and O–H groups in total. The van der Waals surface area contributed by atoms with E-state index in [2.05, 4.69) is 31.9 Å². The minimum Gasteiger partial charge on any atom is -0.369 e. The summed E-state index contributed by atoms with van der Waals surface area (Å²) >= 11 is 6.38. The number of benzene rings is 1. The van der Waals surface area contributed by atoms with Crippen LogP contribution in [0.15, 0.2) is 21.1 Å². The Labute approximate surface area is 130 Å². The molecule has 0 saturated carbocycles. The van der Waals surface area contributed by atoms with Gasteiger partial charge in [-0.1, -0.05) is 15.9 Å². The number of carbonyl (C=O) groups is 2. The Morgan fingerprint density at radius 2 is 2.10 bits per heavy atom. The van der Waals surface area contributed by atoms with E-state index in [4.69, 9.17) is 5.73 Å². The van der Waals surface area contributed by atoms with Gasteiger partial charge in [0.15, 0.2) is 0 Å². The van der Waals surface area contributed by atoms with E-state index in [1.165, 1.54) is 11.0 Å². The van der Waals surface area contributed by atoms with Crippen LogP contribution in [-0.2, 0) is 9.59 Å². The van der Waals surface area contributed by atoms with Crippen LogP contribution in [0.25, 0.3) is 0 Å². The molecule has 1 aliphatic rings. The van der Waals surface area contributed by atoms with Crippen molar-refractivity contribution in [2.45, 2.75) is 6.42 Å². The van der Waals surface area contributed by atoms with Crippen LogP contribution in [0.1, 0.15) is 6.42 Å². The maximum absolute atomic E-state index is 12.0. The fourth-order valence-electron chi connectivity index (χ4n) is 2.07. The number of hydrogen-bond acceptors (Lipinski definition) is 4. The Bertz CT molecular complexity index is 620. The number of carbonyl (C=O) groups excluding carboxylic acids is 2. The van der Waals surface area contributed by atoms with Gasteiger partial charge in [-0.2, -0.15) is 0 Å². The van der Waals surface area contributed by atoms with E-state index >= 15 is 0 Å². The average molecular weight is 407 g/mol. The number of nitro benzene ring substituents is 1. The molecular formula is C11H9Br2N3O4. The lowest BCUT2D eigenvalue weighted by Crippen LogP contribution is -2.29. The predicted molar refractivity (Wildman–Crippen MR) is 78.2 cm³/mol. The summed E-state index contributed by atoms with van der Waals surface area (Å²) in [7, 11) is 0. The number of rotatable bonds is 3. The first-order valence-corrected chi connectivity index (χ1v) is 7.13. The summed E-state index contributed by atoms with van der Waals surface area (Å²) in [6.07, 6.45) is -0.0327. The van der Waals surface area contributed by atoms with Crippen molar-refractivity contribution < 1.29 is 14.5 Å². The number of amides is 2. The van der Waals surface area contributed by atoms with Crippen LogP contribution in [0.3, 0.4) is 0 Å². The number of nitrogens with two attached hydrogens (primary N) is 1. The van der Waals surface area contributed by atoms with E-state index in [9.17, 15) is 19.7 Å². The Balaban J connectivity index is 2.50. The van der Waals surface area contributed by atoms with E-state index in [1.807, 2.05) is 0 Å². The molecule has 2 rings (SSSR count). The van der Waals surface area contributed by atoms with Gasteiger partial charge >= 0.3 is 0 Å². The predicted octanol–water partition coefficient (Wildman–Crippen LogP) is 1.96. The number of primary amides is 1. The van der Waals surface area contributed by atoms with Crippen molar-refractivity contribution in [1.29, 1.82) is 0 Å². The van der Waals surface area contributed by atoms with Crippen molar-refractivity contribution >= 4 is 55.0 Å². The summed E-state index contributed by atoms with van der Waals surface area (Å²) in [6.45, 7) is 0.0508. The molecule has 0 spiro atoms. The zero-order valence-corrected chi connectivity index (χ0v) is 13.2. The summed E-state index contributed by atoms with van der Waals surface area (Å²) in [5, 5.41) is 11.1. The van der Waals surface area contributed by atoms with Gasteiger partial charge in [0.05, 0.1) is 10.8 Å². The number of halogens is 2. The summed E-state index contributed by atoms with van der Waals surface area (Å²) in [6, 6.07) is 2.91. The van der Waals surface area contributed by atoms with Gasteiger partial charge in [-0.05, 0) is 22.0 Å². The lowest BCUT2D eigenvalue weighted by atomic mass is 10.1. The summed E-state index contributed by atoms with van der Waals surface area (Å²) in [5.74, 6) is -1.57. The average Bonchev–Trinajstić information content (AvgIpc) is 2.70. The molecule has 1 aromatic rings. The highest BCUT2D eigenvalue weighted by Gasteiger charge is 2.38. The van der Waals surface area contributed by atoms with Crippen molar-refractivity contribution in [3.63, 3.8) is 0 Å². The van der Waals surface area contributed by atoms with Crippen molar-refractivity contribution in [3.05, 3.63) is 31.2 Å². The standard InChI is InChI=1S/C11H9Br2N3O4/c12-6-2-7(13)10(8(3-6)16(19)20)15-4-5(11(14)18)1-9(15)17/h2-3,5H,1,4H2,(H2,14,18). The fraction of sp³-hybridized carbons (Fsp3) is 0.273. The molecule has 1 atom stereocenters. The molecule has 20 heavy (non-hydrogen) atoms. The SMILES string of the molecule is NC(=O)C1CC(=O)N(c2c(Br)cc(Br)cc2[N+](=O)[O-])C1. The largest absolute Gasteiger partial charge is 0.369 e. The van der Waals surface area contributed by atoms with Gasteiger partial charge < -0.3 is 10.6 Å². The molecule has 106 valence electrons. The summed E-state index contributed by atoms with van der Waals surface area (Å²) in [5.41, 5.74) is 5.12. The van der Waals surface area contributed by atoms with Crippen LogP contribution in [-0.4, -0.2) is 23.3 Å². The Hall–Kier alpha value is -1.48. The lowest BCUT2D eigenvalue weighted by molar-refractivity contribution is -0.384. The van der Waals surface area contributed by atoms with E-state index in [1.54, 1.807) is 6.07 Å². The summed E-state index contributed by atoms with van der Waals surface area (Å²) in [4.78, 5) is 34.9. The van der Waals surface area contributed by atoms with Gasteiger partial charge in [0.1, 0.15) is 5.69 Å². The molecule has 0 aliphatic carbocycles. The van der Waals surface area contributed by atoms with Gasteiger partial charge in [-0.15, -0.1) is 0 Å². The zero-order chi connectivity index (χ0) is 15.0. The third-order valence-corrected chi connectivity index (χ3v) is 4.06. The number of hydrogen-bond donors (Lipinski definition) is 1. The molecule has 7 nitrogen and oxygen atoms in total. The van der Waals surface area contributed by atoms with Crippen LogP contribution in [0.2, 0.25) is 0 Å². The fourth-order valence-corrected chi connectivity index (χ4v) is 3.49. The third kappa shape index (κ3) is 2.68. The highest BCUT2D eigenvalue weighted by molar-refractivity contribution is 9.11. The molecule has 1 aliphatic heterocycles. The quantitative estimate of drug-likeness (QED) is 0.611. The van der Waals surface area contributed by atoms with E-state index in [-0.39, 0.29) is 30.2 Å². The van der Waals surface area contributed by atoms with Crippen LogP contribution >= 0.6 is 31.9 Å². The number of nitro groups is 1. The molecule has 0 radical (unpaired) electrons. The highest BCUT2D eigenvalue weighted by atomic mass is 79.9. The van der Waals surface area contributed by atoms with Gasteiger partial charge in [0.2, 0.25) is 11.8 Å². The molecule has 1 heterocycles. The minimum atomic E-state index is -0.627. The van der Waals surface area contributed by atoms with E-state index in [0.717, 1.165) is 0 Å².